The summed E-state index contributed by atoms with van der Waals surface area (Å²) in [6, 6.07) is 10.9. The summed E-state index contributed by atoms with van der Waals surface area (Å²) in [5.41, 5.74) is 6.98. The number of anilines is 2. The number of aromatic hydroxyl groups is 1. The molecule has 2 rings (SSSR count). The Balaban J connectivity index is 2.21. The van der Waals surface area contributed by atoms with Crippen LogP contribution in [0.1, 0.15) is 10.4 Å². The lowest BCUT2D eigenvalue weighted by atomic mass is 10.2. The van der Waals surface area contributed by atoms with Crippen LogP contribution in [0.15, 0.2) is 42.5 Å². The molecule has 2 aromatic carbocycles. The Labute approximate surface area is 109 Å². The van der Waals surface area contributed by atoms with Gasteiger partial charge in [0, 0.05) is 11.4 Å². The number of nitrogens with one attached hydrogen (secondary N) is 1. The molecule has 0 spiro atoms. The molecule has 0 aliphatic rings. The molecule has 0 fully saturated rings. The molecular weight excluding hydrogens is 252 g/mol. The van der Waals surface area contributed by atoms with Gasteiger partial charge in [-0.05, 0) is 42.5 Å². The smallest absolute Gasteiger partial charge is 0.257 e. The van der Waals surface area contributed by atoms with Crippen molar-refractivity contribution in [3.05, 3.63) is 53.1 Å². The van der Waals surface area contributed by atoms with Crippen LogP contribution in [0, 0.1) is 0 Å². The first-order valence-electron chi connectivity index (χ1n) is 5.21. The van der Waals surface area contributed by atoms with Crippen LogP contribution in [0.3, 0.4) is 0 Å². The Kier molecular flexibility index (Phi) is 3.39. The minimum atomic E-state index is -0.388. The molecule has 5 heteroatoms. The molecule has 4 nitrogen and oxygen atoms in total. The minimum Gasteiger partial charge on any atom is -0.508 e. The Morgan fingerprint density at radius 3 is 2.50 bits per heavy atom. The lowest BCUT2D eigenvalue weighted by molar-refractivity contribution is 0.102. The van der Waals surface area contributed by atoms with Gasteiger partial charge in [-0.15, -0.1) is 0 Å². The van der Waals surface area contributed by atoms with Crippen molar-refractivity contribution < 1.29 is 9.90 Å². The van der Waals surface area contributed by atoms with E-state index in [4.69, 9.17) is 17.3 Å². The molecule has 0 aliphatic carbocycles. The maximum Gasteiger partial charge on any atom is 0.257 e. The minimum absolute atomic E-state index is 0.0122. The van der Waals surface area contributed by atoms with E-state index in [1.165, 1.54) is 18.2 Å². The third kappa shape index (κ3) is 2.73. The first-order chi connectivity index (χ1) is 8.56. The zero-order valence-corrected chi connectivity index (χ0v) is 10.1. The molecule has 0 saturated heterocycles. The van der Waals surface area contributed by atoms with E-state index in [-0.39, 0.29) is 22.2 Å². The average Bonchev–Trinajstić information content (AvgIpc) is 2.35. The van der Waals surface area contributed by atoms with Gasteiger partial charge in [0.05, 0.1) is 10.6 Å². The molecule has 18 heavy (non-hydrogen) atoms. The Morgan fingerprint density at radius 1 is 1.17 bits per heavy atom. The summed E-state index contributed by atoms with van der Waals surface area (Å²) in [5.74, 6) is -0.400. The molecule has 0 bridgehead atoms. The molecule has 0 aliphatic heterocycles. The van der Waals surface area contributed by atoms with Crippen LogP contribution in [0.25, 0.3) is 0 Å². The summed E-state index contributed by atoms with van der Waals surface area (Å²) in [7, 11) is 0. The number of halogens is 1. The van der Waals surface area contributed by atoms with Gasteiger partial charge in [0.15, 0.2) is 0 Å². The topological polar surface area (TPSA) is 75.3 Å². The van der Waals surface area contributed by atoms with Gasteiger partial charge >= 0.3 is 0 Å². The highest BCUT2D eigenvalue weighted by Crippen LogP contribution is 2.22. The van der Waals surface area contributed by atoms with Crippen molar-refractivity contribution in [3.63, 3.8) is 0 Å². The van der Waals surface area contributed by atoms with E-state index in [9.17, 15) is 9.90 Å². The fourth-order valence-corrected chi connectivity index (χ4v) is 1.66. The number of hydrogen-bond acceptors (Lipinski definition) is 3. The van der Waals surface area contributed by atoms with Crippen molar-refractivity contribution >= 4 is 28.9 Å². The van der Waals surface area contributed by atoms with Crippen LogP contribution in [0.2, 0.25) is 5.02 Å². The van der Waals surface area contributed by atoms with E-state index >= 15 is 0 Å². The van der Waals surface area contributed by atoms with Crippen molar-refractivity contribution in [2.45, 2.75) is 0 Å². The predicted molar refractivity (Wildman–Crippen MR) is 71.9 cm³/mol. The summed E-state index contributed by atoms with van der Waals surface area (Å²) in [4.78, 5) is 11.9. The quantitative estimate of drug-likeness (QED) is 0.729. The summed E-state index contributed by atoms with van der Waals surface area (Å²) in [6.07, 6.45) is 0. The normalized spacial score (nSPS) is 10.1. The van der Waals surface area contributed by atoms with Gasteiger partial charge in [0.2, 0.25) is 0 Å². The maximum absolute atomic E-state index is 11.9. The molecule has 0 saturated carbocycles. The lowest BCUT2D eigenvalue weighted by Crippen LogP contribution is -2.12. The highest BCUT2D eigenvalue weighted by atomic mass is 35.5. The number of rotatable bonds is 2. The number of carbonyl (C=O) groups is 1. The van der Waals surface area contributed by atoms with Gasteiger partial charge < -0.3 is 16.2 Å². The van der Waals surface area contributed by atoms with E-state index in [1.54, 1.807) is 24.3 Å². The summed E-state index contributed by atoms with van der Waals surface area (Å²) in [5, 5.41) is 12.3. The number of nitrogens with two attached hydrogens (primary N) is 1. The lowest BCUT2D eigenvalue weighted by Gasteiger charge is -2.07. The largest absolute Gasteiger partial charge is 0.508 e. The second-order valence-corrected chi connectivity index (χ2v) is 4.15. The fraction of sp³-hybridized carbons (Fsp3) is 0. The zero-order valence-electron chi connectivity index (χ0n) is 9.35. The molecule has 0 aromatic heterocycles. The van der Waals surface area contributed by atoms with Crippen molar-refractivity contribution in [1.82, 2.24) is 0 Å². The SMILES string of the molecule is Nc1ccc(NC(=O)c2cc(O)ccc2Cl)cc1. The first kappa shape index (κ1) is 12.3. The molecule has 0 radical (unpaired) electrons. The number of hydrogen-bond donors (Lipinski definition) is 3. The molecular formula is C13H11ClN2O2. The molecule has 92 valence electrons. The number of amides is 1. The average molecular weight is 263 g/mol. The Morgan fingerprint density at radius 2 is 1.83 bits per heavy atom. The second kappa shape index (κ2) is 4.98. The highest BCUT2D eigenvalue weighted by molar-refractivity contribution is 6.34. The van der Waals surface area contributed by atoms with Gasteiger partial charge in [-0.3, -0.25) is 4.79 Å². The number of benzene rings is 2. The highest BCUT2D eigenvalue weighted by Gasteiger charge is 2.11. The molecule has 0 heterocycles. The summed E-state index contributed by atoms with van der Waals surface area (Å²) >= 11 is 5.89. The summed E-state index contributed by atoms with van der Waals surface area (Å²) < 4.78 is 0. The zero-order chi connectivity index (χ0) is 13.1. The number of carbonyl (C=O) groups excluding carboxylic acids is 1. The molecule has 0 atom stereocenters. The van der Waals surface area contributed by atoms with Gasteiger partial charge in [-0.2, -0.15) is 0 Å². The monoisotopic (exact) mass is 262 g/mol. The number of nitrogen functional groups attached to an aromatic ring is 1. The van der Waals surface area contributed by atoms with Gasteiger partial charge in [0.25, 0.3) is 5.91 Å². The Hall–Kier alpha value is -2.20. The van der Waals surface area contributed by atoms with Crippen LogP contribution in [0.5, 0.6) is 5.75 Å². The van der Waals surface area contributed by atoms with Crippen molar-refractivity contribution in [3.8, 4) is 5.75 Å². The van der Waals surface area contributed by atoms with E-state index in [0.717, 1.165) is 0 Å². The standard InChI is InChI=1S/C13H11ClN2O2/c14-12-6-5-10(17)7-11(12)13(18)16-9-3-1-8(15)2-4-9/h1-7,17H,15H2,(H,16,18). The summed E-state index contributed by atoms with van der Waals surface area (Å²) in [6.45, 7) is 0. The van der Waals surface area contributed by atoms with Crippen molar-refractivity contribution in [2.75, 3.05) is 11.1 Å². The van der Waals surface area contributed by atoms with Crippen LogP contribution in [0.4, 0.5) is 11.4 Å². The third-order valence-corrected chi connectivity index (χ3v) is 2.69. The van der Waals surface area contributed by atoms with Crippen molar-refractivity contribution in [1.29, 1.82) is 0 Å². The molecule has 4 N–H and O–H groups in total. The number of phenolic OH excluding ortho intramolecular Hbond substituents is 1. The van der Waals surface area contributed by atoms with Gasteiger partial charge in [-0.1, -0.05) is 11.6 Å². The second-order valence-electron chi connectivity index (χ2n) is 3.74. The van der Waals surface area contributed by atoms with E-state index in [1.807, 2.05) is 0 Å². The van der Waals surface area contributed by atoms with Crippen molar-refractivity contribution in [2.24, 2.45) is 0 Å². The van der Waals surface area contributed by atoms with Crippen LogP contribution in [-0.4, -0.2) is 11.0 Å². The predicted octanol–water partition coefficient (Wildman–Crippen LogP) is 2.88. The van der Waals surface area contributed by atoms with Crippen LogP contribution >= 0.6 is 11.6 Å². The van der Waals surface area contributed by atoms with E-state index in [0.29, 0.717) is 11.4 Å². The van der Waals surface area contributed by atoms with Gasteiger partial charge in [0.1, 0.15) is 5.75 Å². The Bertz CT molecular complexity index is 582. The maximum atomic E-state index is 11.9. The number of phenols is 1. The molecule has 2 aromatic rings. The fourth-order valence-electron chi connectivity index (χ4n) is 1.45. The third-order valence-electron chi connectivity index (χ3n) is 2.36. The van der Waals surface area contributed by atoms with Gasteiger partial charge in [-0.25, -0.2) is 0 Å². The first-order valence-corrected chi connectivity index (χ1v) is 5.59. The van der Waals surface area contributed by atoms with Crippen LogP contribution in [-0.2, 0) is 0 Å². The van der Waals surface area contributed by atoms with Crippen LogP contribution < -0.4 is 11.1 Å². The van der Waals surface area contributed by atoms with E-state index in [2.05, 4.69) is 5.32 Å². The molecule has 1 amide bonds. The molecule has 0 unspecified atom stereocenters. The van der Waals surface area contributed by atoms with E-state index < -0.39 is 0 Å².